The monoisotopic (exact) mass is 176 g/mol. The Bertz CT molecular complexity index is 253. The predicted molar refractivity (Wildman–Crippen MR) is 55.7 cm³/mol. The van der Waals surface area contributed by atoms with E-state index in [1.165, 1.54) is 0 Å². The first kappa shape index (κ1) is 10.0. The maximum atomic E-state index is 9.70. The average Bonchev–Trinajstić information content (AvgIpc) is 2.20. The Morgan fingerprint density at radius 3 is 2.46 bits per heavy atom. The standard InChI is InChI=1S/C12H16O/c1-3-11(12(13)4-2)10-8-6-5-7-9-10/h3,5-9,11-13H,1,4H2,2H3. The molecule has 1 aromatic rings. The zero-order valence-corrected chi connectivity index (χ0v) is 7.98. The van der Waals surface area contributed by atoms with Crippen LogP contribution in [0.3, 0.4) is 0 Å². The molecule has 0 bridgehead atoms. The Morgan fingerprint density at radius 2 is 2.00 bits per heavy atom. The Labute approximate surface area is 79.7 Å². The van der Waals surface area contributed by atoms with Crippen molar-refractivity contribution in [3.05, 3.63) is 48.6 Å². The summed E-state index contributed by atoms with van der Waals surface area (Å²) in [7, 11) is 0. The van der Waals surface area contributed by atoms with E-state index >= 15 is 0 Å². The van der Waals surface area contributed by atoms with Crippen molar-refractivity contribution in [2.45, 2.75) is 25.4 Å². The number of aliphatic hydroxyl groups is 1. The minimum atomic E-state index is -0.320. The van der Waals surface area contributed by atoms with Crippen molar-refractivity contribution in [2.24, 2.45) is 0 Å². The summed E-state index contributed by atoms with van der Waals surface area (Å²) in [4.78, 5) is 0. The molecule has 0 saturated carbocycles. The lowest BCUT2D eigenvalue weighted by Gasteiger charge is -2.18. The van der Waals surface area contributed by atoms with Crippen LogP contribution >= 0.6 is 0 Å². The van der Waals surface area contributed by atoms with Crippen LogP contribution in [0.4, 0.5) is 0 Å². The van der Waals surface area contributed by atoms with E-state index in [-0.39, 0.29) is 12.0 Å². The predicted octanol–water partition coefficient (Wildman–Crippen LogP) is 2.73. The van der Waals surface area contributed by atoms with Crippen LogP contribution in [0.1, 0.15) is 24.8 Å². The van der Waals surface area contributed by atoms with Gasteiger partial charge in [0.05, 0.1) is 6.10 Å². The van der Waals surface area contributed by atoms with Crippen LogP contribution in [0.25, 0.3) is 0 Å². The van der Waals surface area contributed by atoms with E-state index in [1.807, 2.05) is 43.3 Å². The van der Waals surface area contributed by atoms with Crippen LogP contribution in [0.2, 0.25) is 0 Å². The fourth-order valence-electron chi connectivity index (χ4n) is 1.44. The van der Waals surface area contributed by atoms with Gasteiger partial charge in [-0.05, 0) is 12.0 Å². The minimum absolute atomic E-state index is 0.0613. The largest absolute Gasteiger partial charge is 0.392 e. The van der Waals surface area contributed by atoms with Crippen LogP contribution in [-0.4, -0.2) is 11.2 Å². The first-order valence-corrected chi connectivity index (χ1v) is 4.65. The molecule has 0 aliphatic carbocycles. The van der Waals surface area contributed by atoms with Crippen molar-refractivity contribution < 1.29 is 5.11 Å². The van der Waals surface area contributed by atoms with Gasteiger partial charge in [0.1, 0.15) is 0 Å². The van der Waals surface area contributed by atoms with Crippen LogP contribution in [0.15, 0.2) is 43.0 Å². The van der Waals surface area contributed by atoms with E-state index in [0.717, 1.165) is 12.0 Å². The van der Waals surface area contributed by atoms with Crippen LogP contribution < -0.4 is 0 Å². The Kier molecular flexibility index (Phi) is 3.71. The number of benzene rings is 1. The molecule has 2 atom stereocenters. The topological polar surface area (TPSA) is 20.2 Å². The molecule has 1 heteroatoms. The molecule has 70 valence electrons. The van der Waals surface area contributed by atoms with E-state index < -0.39 is 0 Å². The van der Waals surface area contributed by atoms with Gasteiger partial charge in [0.2, 0.25) is 0 Å². The van der Waals surface area contributed by atoms with Gasteiger partial charge in [-0.15, -0.1) is 6.58 Å². The summed E-state index contributed by atoms with van der Waals surface area (Å²) in [6, 6.07) is 9.97. The molecule has 0 aliphatic rings. The van der Waals surface area contributed by atoms with Crippen molar-refractivity contribution in [3.8, 4) is 0 Å². The van der Waals surface area contributed by atoms with Crippen LogP contribution in [0.5, 0.6) is 0 Å². The molecule has 1 N–H and O–H groups in total. The second kappa shape index (κ2) is 4.83. The van der Waals surface area contributed by atoms with Crippen molar-refractivity contribution in [1.29, 1.82) is 0 Å². The van der Waals surface area contributed by atoms with Crippen molar-refractivity contribution >= 4 is 0 Å². The highest BCUT2D eigenvalue weighted by molar-refractivity contribution is 5.24. The highest BCUT2D eigenvalue weighted by Crippen LogP contribution is 2.22. The van der Waals surface area contributed by atoms with Crippen molar-refractivity contribution in [2.75, 3.05) is 0 Å². The summed E-state index contributed by atoms with van der Waals surface area (Å²) in [6.07, 6.45) is 2.25. The van der Waals surface area contributed by atoms with Gasteiger partial charge in [-0.3, -0.25) is 0 Å². The summed E-state index contributed by atoms with van der Waals surface area (Å²) in [6.45, 7) is 5.72. The van der Waals surface area contributed by atoms with Gasteiger partial charge in [0, 0.05) is 5.92 Å². The Hall–Kier alpha value is -1.08. The Balaban J connectivity index is 2.84. The molecular formula is C12H16O. The fraction of sp³-hybridized carbons (Fsp3) is 0.333. The molecule has 0 amide bonds. The fourth-order valence-corrected chi connectivity index (χ4v) is 1.44. The van der Waals surface area contributed by atoms with Gasteiger partial charge in [0.25, 0.3) is 0 Å². The molecule has 0 saturated heterocycles. The van der Waals surface area contributed by atoms with E-state index in [4.69, 9.17) is 0 Å². The van der Waals surface area contributed by atoms with Gasteiger partial charge in [-0.1, -0.05) is 43.3 Å². The molecule has 1 aromatic carbocycles. The van der Waals surface area contributed by atoms with Gasteiger partial charge in [-0.25, -0.2) is 0 Å². The van der Waals surface area contributed by atoms with E-state index in [0.29, 0.717) is 0 Å². The lowest BCUT2D eigenvalue weighted by molar-refractivity contribution is 0.155. The van der Waals surface area contributed by atoms with Gasteiger partial charge >= 0.3 is 0 Å². The number of hydrogen-bond acceptors (Lipinski definition) is 1. The zero-order valence-electron chi connectivity index (χ0n) is 7.98. The number of rotatable bonds is 4. The quantitative estimate of drug-likeness (QED) is 0.699. The summed E-state index contributed by atoms with van der Waals surface area (Å²) >= 11 is 0. The summed E-state index contributed by atoms with van der Waals surface area (Å²) in [5.41, 5.74) is 1.13. The van der Waals surface area contributed by atoms with Gasteiger partial charge in [0.15, 0.2) is 0 Å². The highest BCUT2D eigenvalue weighted by Gasteiger charge is 2.15. The maximum absolute atomic E-state index is 9.70. The van der Waals surface area contributed by atoms with Crippen molar-refractivity contribution in [1.82, 2.24) is 0 Å². The first-order valence-electron chi connectivity index (χ1n) is 4.65. The third-order valence-corrected chi connectivity index (χ3v) is 2.27. The second-order valence-electron chi connectivity index (χ2n) is 3.15. The number of aliphatic hydroxyl groups excluding tert-OH is 1. The average molecular weight is 176 g/mol. The summed E-state index contributed by atoms with van der Waals surface area (Å²) < 4.78 is 0. The van der Waals surface area contributed by atoms with Crippen LogP contribution in [0, 0.1) is 0 Å². The third kappa shape index (κ3) is 2.43. The minimum Gasteiger partial charge on any atom is -0.392 e. The molecule has 0 spiro atoms. The van der Waals surface area contributed by atoms with Gasteiger partial charge in [-0.2, -0.15) is 0 Å². The number of hydrogen-bond donors (Lipinski definition) is 1. The SMILES string of the molecule is C=CC(c1ccccc1)C(O)CC. The molecule has 0 radical (unpaired) electrons. The smallest absolute Gasteiger partial charge is 0.0640 e. The van der Waals surface area contributed by atoms with Gasteiger partial charge < -0.3 is 5.11 Å². The molecule has 0 aromatic heterocycles. The van der Waals surface area contributed by atoms with E-state index in [2.05, 4.69) is 6.58 Å². The summed E-state index contributed by atoms with van der Waals surface area (Å²) in [5, 5.41) is 9.70. The zero-order chi connectivity index (χ0) is 9.68. The van der Waals surface area contributed by atoms with Crippen LogP contribution in [-0.2, 0) is 0 Å². The molecule has 13 heavy (non-hydrogen) atoms. The maximum Gasteiger partial charge on any atom is 0.0640 e. The highest BCUT2D eigenvalue weighted by atomic mass is 16.3. The molecule has 0 heterocycles. The van der Waals surface area contributed by atoms with E-state index in [1.54, 1.807) is 0 Å². The normalized spacial score (nSPS) is 14.9. The second-order valence-corrected chi connectivity index (χ2v) is 3.15. The molecule has 0 aliphatic heterocycles. The lowest BCUT2D eigenvalue weighted by atomic mass is 9.92. The van der Waals surface area contributed by atoms with Crippen molar-refractivity contribution in [3.63, 3.8) is 0 Å². The van der Waals surface area contributed by atoms with E-state index in [9.17, 15) is 5.11 Å². The molecule has 1 nitrogen and oxygen atoms in total. The summed E-state index contributed by atoms with van der Waals surface area (Å²) in [5.74, 6) is 0.0613. The third-order valence-electron chi connectivity index (χ3n) is 2.27. The molecule has 2 unspecified atom stereocenters. The lowest BCUT2D eigenvalue weighted by Crippen LogP contribution is -2.15. The first-order chi connectivity index (χ1) is 6.29. The Morgan fingerprint density at radius 1 is 1.38 bits per heavy atom. The molecule has 1 rings (SSSR count). The molecular weight excluding hydrogens is 160 g/mol. The molecule has 0 fully saturated rings.